The number of anilines is 1. The maximum absolute atomic E-state index is 13.3. The van der Waals surface area contributed by atoms with Gasteiger partial charge in [-0.05, 0) is 61.1 Å². The standard InChI is InChI=1S/C27H29N3O3/c1-19-8-5-6-11-21(19)16-23-12-7-15-30(23)26(32)24-17-22(13-14-25(24)31)29-27(33)28-18-20-9-3-2-4-10-20/h2-6,8-11,13-14,17,23,31H,7,12,15-16,18H2,1H3,(H2,28,29,33). The summed E-state index contributed by atoms with van der Waals surface area (Å²) in [6.45, 7) is 3.13. The molecule has 1 heterocycles. The van der Waals surface area contributed by atoms with Crippen LogP contribution in [0.1, 0.15) is 39.9 Å². The van der Waals surface area contributed by atoms with Crippen LogP contribution in [0.4, 0.5) is 10.5 Å². The highest BCUT2D eigenvalue weighted by Gasteiger charge is 2.31. The van der Waals surface area contributed by atoms with Crippen LogP contribution in [0.25, 0.3) is 0 Å². The van der Waals surface area contributed by atoms with Crippen molar-refractivity contribution in [3.8, 4) is 5.75 Å². The zero-order chi connectivity index (χ0) is 23.2. The molecule has 33 heavy (non-hydrogen) atoms. The monoisotopic (exact) mass is 443 g/mol. The largest absolute Gasteiger partial charge is 0.507 e. The summed E-state index contributed by atoms with van der Waals surface area (Å²) in [7, 11) is 0. The van der Waals surface area contributed by atoms with Crippen molar-refractivity contribution in [3.63, 3.8) is 0 Å². The van der Waals surface area contributed by atoms with E-state index in [2.05, 4.69) is 29.7 Å². The highest BCUT2D eigenvalue weighted by atomic mass is 16.3. The van der Waals surface area contributed by atoms with E-state index in [9.17, 15) is 14.7 Å². The maximum atomic E-state index is 13.3. The minimum Gasteiger partial charge on any atom is -0.507 e. The van der Waals surface area contributed by atoms with Crippen molar-refractivity contribution in [3.05, 3.63) is 95.1 Å². The van der Waals surface area contributed by atoms with Gasteiger partial charge in [-0.25, -0.2) is 4.79 Å². The zero-order valence-corrected chi connectivity index (χ0v) is 18.8. The molecular weight excluding hydrogens is 414 g/mol. The molecule has 1 unspecified atom stereocenters. The summed E-state index contributed by atoms with van der Waals surface area (Å²) in [5, 5.41) is 15.9. The highest BCUT2D eigenvalue weighted by Crippen LogP contribution is 2.29. The molecule has 6 heteroatoms. The number of benzene rings is 3. The number of nitrogens with zero attached hydrogens (tertiary/aromatic N) is 1. The van der Waals surface area contributed by atoms with Gasteiger partial charge in [-0.15, -0.1) is 0 Å². The normalized spacial score (nSPS) is 15.3. The fourth-order valence-electron chi connectivity index (χ4n) is 4.30. The lowest BCUT2D eigenvalue weighted by molar-refractivity contribution is 0.0733. The molecule has 0 radical (unpaired) electrons. The second-order valence-electron chi connectivity index (χ2n) is 8.45. The van der Waals surface area contributed by atoms with Crippen molar-refractivity contribution >= 4 is 17.6 Å². The lowest BCUT2D eigenvalue weighted by Gasteiger charge is -2.26. The van der Waals surface area contributed by atoms with Crippen LogP contribution in [0.15, 0.2) is 72.8 Å². The third-order valence-electron chi connectivity index (χ3n) is 6.14. The third-order valence-corrected chi connectivity index (χ3v) is 6.14. The van der Waals surface area contributed by atoms with E-state index in [0.717, 1.165) is 24.8 Å². The number of carbonyl (C=O) groups excluding carboxylic acids is 2. The van der Waals surface area contributed by atoms with Gasteiger partial charge in [0.2, 0.25) is 0 Å². The number of rotatable bonds is 6. The van der Waals surface area contributed by atoms with E-state index in [4.69, 9.17) is 0 Å². The summed E-state index contributed by atoms with van der Waals surface area (Å²) in [6, 6.07) is 22.1. The maximum Gasteiger partial charge on any atom is 0.319 e. The summed E-state index contributed by atoms with van der Waals surface area (Å²) in [5.74, 6) is -0.297. The van der Waals surface area contributed by atoms with Crippen LogP contribution in [-0.2, 0) is 13.0 Å². The number of hydrogen-bond acceptors (Lipinski definition) is 3. The van der Waals surface area contributed by atoms with Crippen LogP contribution in [0.5, 0.6) is 5.75 Å². The Labute approximate surface area is 194 Å². The van der Waals surface area contributed by atoms with Gasteiger partial charge in [0.15, 0.2) is 0 Å². The van der Waals surface area contributed by atoms with Crippen LogP contribution >= 0.6 is 0 Å². The molecular formula is C27H29N3O3. The average molecular weight is 444 g/mol. The molecule has 1 aliphatic rings. The van der Waals surface area contributed by atoms with E-state index >= 15 is 0 Å². The summed E-state index contributed by atoms with van der Waals surface area (Å²) in [4.78, 5) is 27.5. The Morgan fingerprint density at radius 2 is 1.79 bits per heavy atom. The molecule has 0 aliphatic carbocycles. The quantitative estimate of drug-likeness (QED) is 0.476. The number of hydrogen-bond donors (Lipinski definition) is 3. The molecule has 0 saturated carbocycles. The number of nitrogens with one attached hydrogen (secondary N) is 2. The summed E-state index contributed by atoms with van der Waals surface area (Å²) < 4.78 is 0. The van der Waals surface area contributed by atoms with Crippen LogP contribution in [-0.4, -0.2) is 34.5 Å². The van der Waals surface area contributed by atoms with Crippen molar-refractivity contribution < 1.29 is 14.7 Å². The number of phenolic OH excluding ortho intramolecular Hbond substituents is 1. The van der Waals surface area contributed by atoms with Gasteiger partial charge < -0.3 is 20.6 Å². The number of likely N-dealkylation sites (tertiary alicyclic amines) is 1. The first-order chi connectivity index (χ1) is 16.0. The third kappa shape index (κ3) is 5.52. The van der Waals surface area contributed by atoms with Gasteiger partial charge in [-0.1, -0.05) is 54.6 Å². The zero-order valence-electron chi connectivity index (χ0n) is 18.8. The van der Waals surface area contributed by atoms with Crippen LogP contribution in [0.2, 0.25) is 0 Å². The van der Waals surface area contributed by atoms with Crippen molar-refractivity contribution in [2.75, 3.05) is 11.9 Å². The molecule has 0 bridgehead atoms. The molecule has 0 aromatic heterocycles. The molecule has 170 valence electrons. The fraction of sp³-hybridized carbons (Fsp3) is 0.259. The lowest BCUT2D eigenvalue weighted by Crippen LogP contribution is -2.37. The van der Waals surface area contributed by atoms with Crippen molar-refractivity contribution in [1.82, 2.24) is 10.2 Å². The molecule has 4 rings (SSSR count). The number of phenols is 1. The molecule has 1 aliphatic heterocycles. The molecule has 6 nitrogen and oxygen atoms in total. The first-order valence-electron chi connectivity index (χ1n) is 11.3. The predicted molar refractivity (Wildman–Crippen MR) is 129 cm³/mol. The van der Waals surface area contributed by atoms with E-state index in [0.29, 0.717) is 18.8 Å². The van der Waals surface area contributed by atoms with E-state index in [-0.39, 0.29) is 29.3 Å². The van der Waals surface area contributed by atoms with E-state index in [1.54, 1.807) is 12.1 Å². The van der Waals surface area contributed by atoms with Gasteiger partial charge >= 0.3 is 6.03 Å². The highest BCUT2D eigenvalue weighted by molar-refractivity contribution is 5.99. The van der Waals surface area contributed by atoms with Crippen molar-refractivity contribution in [2.45, 2.75) is 38.8 Å². The number of amides is 3. The smallest absolute Gasteiger partial charge is 0.319 e. The minimum atomic E-state index is -0.374. The van der Waals surface area contributed by atoms with Crippen LogP contribution < -0.4 is 10.6 Å². The number of carbonyl (C=O) groups is 2. The summed E-state index contributed by atoms with van der Waals surface area (Å²) in [5.41, 5.74) is 4.09. The van der Waals surface area contributed by atoms with Crippen LogP contribution in [0, 0.1) is 6.92 Å². The van der Waals surface area contributed by atoms with E-state index in [1.807, 2.05) is 47.4 Å². The van der Waals surface area contributed by atoms with Gasteiger partial charge in [-0.2, -0.15) is 0 Å². The van der Waals surface area contributed by atoms with Gasteiger partial charge in [0.1, 0.15) is 5.75 Å². The van der Waals surface area contributed by atoms with E-state index < -0.39 is 0 Å². The predicted octanol–water partition coefficient (Wildman–Crippen LogP) is 4.87. The molecule has 3 N–H and O–H groups in total. The Morgan fingerprint density at radius 1 is 1.03 bits per heavy atom. The van der Waals surface area contributed by atoms with Gasteiger partial charge in [0.05, 0.1) is 5.56 Å². The minimum absolute atomic E-state index is 0.0863. The van der Waals surface area contributed by atoms with E-state index in [1.165, 1.54) is 17.2 Å². The van der Waals surface area contributed by atoms with Gasteiger partial charge in [0, 0.05) is 24.8 Å². The Hall–Kier alpha value is -3.80. The molecule has 3 aromatic rings. The Balaban J connectivity index is 1.43. The van der Waals surface area contributed by atoms with Crippen molar-refractivity contribution in [2.24, 2.45) is 0 Å². The second kappa shape index (κ2) is 10.2. The number of aryl methyl sites for hydroxylation is 1. The molecule has 3 aromatic carbocycles. The van der Waals surface area contributed by atoms with Gasteiger partial charge in [0.25, 0.3) is 5.91 Å². The first kappa shape index (κ1) is 22.4. The molecule has 1 saturated heterocycles. The summed E-state index contributed by atoms with van der Waals surface area (Å²) >= 11 is 0. The Morgan fingerprint density at radius 3 is 2.58 bits per heavy atom. The summed E-state index contributed by atoms with van der Waals surface area (Å²) in [6.07, 6.45) is 2.66. The fourth-order valence-corrected chi connectivity index (χ4v) is 4.30. The topological polar surface area (TPSA) is 81.7 Å². The number of urea groups is 1. The molecule has 3 amide bonds. The average Bonchev–Trinajstić information content (AvgIpc) is 3.29. The SMILES string of the molecule is Cc1ccccc1CC1CCCN1C(=O)c1cc(NC(=O)NCc2ccccc2)ccc1O. The van der Waals surface area contributed by atoms with Crippen LogP contribution in [0.3, 0.4) is 0 Å². The first-order valence-corrected chi connectivity index (χ1v) is 11.3. The Kier molecular flexibility index (Phi) is 6.93. The lowest BCUT2D eigenvalue weighted by atomic mass is 9.99. The Bertz CT molecular complexity index is 1130. The number of aromatic hydroxyl groups is 1. The molecule has 1 fully saturated rings. The molecule has 0 spiro atoms. The second-order valence-corrected chi connectivity index (χ2v) is 8.45. The molecule has 1 atom stereocenters. The van der Waals surface area contributed by atoms with Gasteiger partial charge in [-0.3, -0.25) is 4.79 Å². The van der Waals surface area contributed by atoms with Crippen molar-refractivity contribution in [1.29, 1.82) is 0 Å².